The molecule has 0 aliphatic rings. The van der Waals surface area contributed by atoms with E-state index < -0.39 is 16.0 Å². The number of rotatable bonds is 5. The quantitative estimate of drug-likeness (QED) is 0.525. The lowest BCUT2D eigenvalue weighted by atomic mass is 10.2. The van der Waals surface area contributed by atoms with Crippen LogP contribution in [0, 0.1) is 6.92 Å². The summed E-state index contributed by atoms with van der Waals surface area (Å²) in [5.74, 6) is -0.443. The van der Waals surface area contributed by atoms with Gasteiger partial charge in [-0.1, -0.05) is 0 Å². The van der Waals surface area contributed by atoms with Crippen LogP contribution in [0.5, 0.6) is 0 Å². The van der Waals surface area contributed by atoms with Crippen molar-refractivity contribution in [3.05, 3.63) is 17.7 Å². The Balaban J connectivity index is 3.03. The Hall–Kier alpha value is -1.80. The molecular weight excluding hydrogens is 270 g/mol. The van der Waals surface area contributed by atoms with Crippen molar-refractivity contribution >= 4 is 27.4 Å². The molecule has 1 aromatic carbocycles. The number of carbonyl (C=O) groups is 1. The lowest BCUT2D eigenvalue weighted by Crippen LogP contribution is -2.19. The van der Waals surface area contributed by atoms with Gasteiger partial charge >= 0.3 is 5.97 Å². The number of anilines is 2. The standard InChI is InChI=1S/C11H17N3O4S/c1-3-18-11(15)6-14-9-4-8(12)5-10(7(9)2)19(13,16)17/h4-5,14H,3,6,12H2,1-2H3,(H2,13,16,17). The summed E-state index contributed by atoms with van der Waals surface area (Å²) in [6, 6.07) is 2.81. The number of primary sulfonamides is 1. The maximum absolute atomic E-state index is 11.4. The van der Waals surface area contributed by atoms with Crippen molar-refractivity contribution in [2.45, 2.75) is 18.7 Å². The Morgan fingerprint density at radius 1 is 1.42 bits per heavy atom. The zero-order valence-corrected chi connectivity index (χ0v) is 11.6. The van der Waals surface area contributed by atoms with Gasteiger partial charge in [0.25, 0.3) is 0 Å². The highest BCUT2D eigenvalue weighted by atomic mass is 32.2. The summed E-state index contributed by atoms with van der Waals surface area (Å²) in [4.78, 5) is 11.2. The molecule has 0 spiro atoms. The Kier molecular flexibility index (Phi) is 4.73. The second-order valence-corrected chi connectivity index (χ2v) is 5.43. The first-order chi connectivity index (χ1) is 8.75. The smallest absolute Gasteiger partial charge is 0.325 e. The van der Waals surface area contributed by atoms with Gasteiger partial charge in [0.2, 0.25) is 10.0 Å². The summed E-state index contributed by atoms with van der Waals surface area (Å²) in [5.41, 5.74) is 6.68. The molecule has 1 rings (SSSR count). The third-order valence-corrected chi connectivity index (χ3v) is 3.45. The zero-order chi connectivity index (χ0) is 14.6. The van der Waals surface area contributed by atoms with Crippen molar-refractivity contribution in [1.82, 2.24) is 0 Å². The fourth-order valence-electron chi connectivity index (χ4n) is 1.57. The molecule has 0 atom stereocenters. The van der Waals surface area contributed by atoms with E-state index >= 15 is 0 Å². The highest BCUT2D eigenvalue weighted by molar-refractivity contribution is 7.89. The van der Waals surface area contributed by atoms with Gasteiger partial charge in [-0.15, -0.1) is 0 Å². The average Bonchev–Trinajstić information content (AvgIpc) is 2.28. The molecule has 0 aromatic heterocycles. The molecule has 0 saturated heterocycles. The van der Waals surface area contributed by atoms with Gasteiger partial charge in [0.05, 0.1) is 11.5 Å². The van der Waals surface area contributed by atoms with Crippen molar-refractivity contribution in [1.29, 1.82) is 0 Å². The fourth-order valence-corrected chi connectivity index (χ4v) is 2.40. The van der Waals surface area contributed by atoms with Crippen molar-refractivity contribution in [3.8, 4) is 0 Å². The van der Waals surface area contributed by atoms with E-state index in [2.05, 4.69) is 5.32 Å². The molecule has 106 valence electrons. The first kappa shape index (κ1) is 15.3. The second-order valence-electron chi connectivity index (χ2n) is 3.90. The maximum atomic E-state index is 11.4. The van der Waals surface area contributed by atoms with E-state index in [0.29, 0.717) is 11.3 Å². The first-order valence-electron chi connectivity index (χ1n) is 5.58. The van der Waals surface area contributed by atoms with E-state index in [4.69, 9.17) is 15.6 Å². The molecule has 0 aliphatic carbocycles. The summed E-state index contributed by atoms with van der Waals surface area (Å²) < 4.78 is 27.6. The van der Waals surface area contributed by atoms with E-state index in [0.717, 1.165) is 0 Å². The highest BCUT2D eigenvalue weighted by Gasteiger charge is 2.16. The predicted molar refractivity (Wildman–Crippen MR) is 72.1 cm³/mol. The van der Waals surface area contributed by atoms with Gasteiger partial charge in [-0.2, -0.15) is 0 Å². The molecule has 0 radical (unpaired) electrons. The lowest BCUT2D eigenvalue weighted by Gasteiger charge is -2.13. The summed E-state index contributed by atoms with van der Waals surface area (Å²) in [6.07, 6.45) is 0. The largest absolute Gasteiger partial charge is 0.465 e. The van der Waals surface area contributed by atoms with Crippen LogP contribution in [0.25, 0.3) is 0 Å². The van der Waals surface area contributed by atoms with Crippen LogP contribution >= 0.6 is 0 Å². The third kappa shape index (κ3) is 4.11. The number of nitrogen functional groups attached to an aromatic ring is 1. The van der Waals surface area contributed by atoms with E-state index in [1.165, 1.54) is 12.1 Å². The molecular formula is C11H17N3O4S. The minimum Gasteiger partial charge on any atom is -0.465 e. The number of sulfonamides is 1. The molecule has 0 saturated carbocycles. The molecule has 1 aromatic rings. The van der Waals surface area contributed by atoms with Crippen LogP contribution in [0.4, 0.5) is 11.4 Å². The predicted octanol–water partition coefficient (Wildman–Crippen LogP) is 0.200. The number of hydrogen-bond donors (Lipinski definition) is 3. The van der Waals surface area contributed by atoms with Gasteiger partial charge < -0.3 is 15.8 Å². The van der Waals surface area contributed by atoms with Gasteiger partial charge in [0.15, 0.2) is 0 Å². The van der Waals surface area contributed by atoms with E-state index in [1.807, 2.05) is 0 Å². The van der Waals surface area contributed by atoms with Gasteiger partial charge in [0.1, 0.15) is 6.54 Å². The summed E-state index contributed by atoms with van der Waals surface area (Å²) in [5, 5.41) is 7.87. The van der Waals surface area contributed by atoms with Crippen LogP contribution in [0.2, 0.25) is 0 Å². The Labute approximate surface area is 112 Å². The van der Waals surface area contributed by atoms with Crippen LogP contribution in [-0.4, -0.2) is 27.5 Å². The Morgan fingerprint density at radius 2 is 2.05 bits per heavy atom. The number of nitrogens with two attached hydrogens (primary N) is 2. The minimum atomic E-state index is -3.86. The van der Waals surface area contributed by atoms with Gasteiger partial charge in [-0.05, 0) is 31.5 Å². The van der Waals surface area contributed by atoms with Crippen molar-refractivity contribution < 1.29 is 17.9 Å². The lowest BCUT2D eigenvalue weighted by molar-refractivity contribution is -0.140. The van der Waals surface area contributed by atoms with E-state index in [-0.39, 0.29) is 23.7 Å². The molecule has 8 heteroatoms. The topological polar surface area (TPSA) is 125 Å². The molecule has 0 amide bonds. The van der Waals surface area contributed by atoms with Crippen LogP contribution in [-0.2, 0) is 19.6 Å². The number of esters is 1. The minimum absolute atomic E-state index is 0.0705. The maximum Gasteiger partial charge on any atom is 0.325 e. The molecule has 19 heavy (non-hydrogen) atoms. The molecule has 0 fully saturated rings. The summed E-state index contributed by atoms with van der Waals surface area (Å²) in [6.45, 7) is 3.47. The molecule has 0 bridgehead atoms. The van der Waals surface area contributed by atoms with Gasteiger partial charge in [0, 0.05) is 11.4 Å². The van der Waals surface area contributed by atoms with Crippen molar-refractivity contribution in [2.75, 3.05) is 24.2 Å². The van der Waals surface area contributed by atoms with E-state index in [1.54, 1.807) is 13.8 Å². The SMILES string of the molecule is CCOC(=O)CNc1cc(N)cc(S(N)(=O)=O)c1C. The Morgan fingerprint density at radius 3 is 2.58 bits per heavy atom. The number of nitrogens with one attached hydrogen (secondary N) is 1. The second kappa shape index (κ2) is 5.89. The molecule has 0 heterocycles. The molecule has 7 nitrogen and oxygen atoms in total. The van der Waals surface area contributed by atoms with Gasteiger partial charge in [-0.25, -0.2) is 13.6 Å². The number of ether oxygens (including phenoxy) is 1. The first-order valence-corrected chi connectivity index (χ1v) is 7.12. The normalized spacial score (nSPS) is 11.1. The third-order valence-electron chi connectivity index (χ3n) is 2.42. The van der Waals surface area contributed by atoms with E-state index in [9.17, 15) is 13.2 Å². The molecule has 5 N–H and O–H groups in total. The molecule has 0 aliphatic heterocycles. The molecule has 0 unspecified atom stereocenters. The van der Waals surface area contributed by atoms with Crippen LogP contribution in [0.15, 0.2) is 17.0 Å². The fraction of sp³-hybridized carbons (Fsp3) is 0.364. The van der Waals surface area contributed by atoms with Crippen molar-refractivity contribution in [3.63, 3.8) is 0 Å². The number of hydrogen-bond acceptors (Lipinski definition) is 6. The summed E-state index contributed by atoms with van der Waals surface area (Å²) >= 11 is 0. The highest BCUT2D eigenvalue weighted by Crippen LogP contribution is 2.25. The van der Waals surface area contributed by atoms with Gasteiger partial charge in [-0.3, -0.25) is 4.79 Å². The van der Waals surface area contributed by atoms with Crippen LogP contribution in [0.3, 0.4) is 0 Å². The Bertz CT molecular complexity index is 584. The number of benzene rings is 1. The average molecular weight is 287 g/mol. The monoisotopic (exact) mass is 287 g/mol. The summed E-state index contributed by atoms with van der Waals surface area (Å²) in [7, 11) is -3.86. The van der Waals surface area contributed by atoms with Crippen LogP contribution in [0.1, 0.15) is 12.5 Å². The van der Waals surface area contributed by atoms with Crippen LogP contribution < -0.4 is 16.2 Å². The zero-order valence-electron chi connectivity index (χ0n) is 10.8. The van der Waals surface area contributed by atoms with Crippen molar-refractivity contribution in [2.24, 2.45) is 5.14 Å². The number of carbonyl (C=O) groups excluding carboxylic acids is 1.